The van der Waals surface area contributed by atoms with Gasteiger partial charge < -0.3 is 39.6 Å². The lowest BCUT2D eigenvalue weighted by Crippen LogP contribution is -2.63. The summed E-state index contributed by atoms with van der Waals surface area (Å²) < 4.78 is 63.4. The number of anilines is 2. The molecule has 0 radical (unpaired) electrons. The van der Waals surface area contributed by atoms with Crippen molar-refractivity contribution < 1.29 is 46.9 Å². The maximum Gasteiger partial charge on any atom is 0.297 e. The van der Waals surface area contributed by atoms with Gasteiger partial charge in [-0.05, 0) is 120 Å². The second-order valence-corrected chi connectivity index (χ2v) is 22.8. The minimum absolute atomic E-state index is 0.0127. The van der Waals surface area contributed by atoms with E-state index in [2.05, 4.69) is 41.9 Å². The summed E-state index contributed by atoms with van der Waals surface area (Å²) in [6.07, 6.45) is 8.88. The molecule has 1 spiro atoms. The predicted molar refractivity (Wildman–Crippen MR) is 264 cm³/mol. The van der Waals surface area contributed by atoms with Crippen LogP contribution in [-0.4, -0.2) is 101 Å². The number of halogens is 1. The Bertz CT molecular complexity index is 2970. The number of nitro groups is 1. The summed E-state index contributed by atoms with van der Waals surface area (Å²) in [6, 6.07) is 16.7. The molecule has 3 atom stereocenters. The highest BCUT2D eigenvalue weighted by Gasteiger charge is 2.50. The Morgan fingerprint density at radius 3 is 2.51 bits per heavy atom. The summed E-state index contributed by atoms with van der Waals surface area (Å²) >= 11 is 0. The molecule has 2 aromatic heterocycles. The number of carbonyl (C=O) groups excluding carboxylic acids is 1. The smallest absolute Gasteiger partial charge is 0.297 e. The van der Waals surface area contributed by atoms with Crippen molar-refractivity contribution >= 4 is 44.0 Å². The number of aliphatic hydroxyl groups is 2. The largest absolute Gasteiger partial charge is 0.489 e. The third-order valence-corrected chi connectivity index (χ3v) is 17.0. The van der Waals surface area contributed by atoms with Gasteiger partial charge in [0.05, 0.1) is 44.6 Å². The van der Waals surface area contributed by atoms with Crippen LogP contribution in [0.5, 0.6) is 23.1 Å². The molecule has 0 unspecified atom stereocenters. The average Bonchev–Trinajstić information content (AvgIpc) is 3.96. The average molecular weight is 996 g/mol. The van der Waals surface area contributed by atoms with Gasteiger partial charge in [0.1, 0.15) is 23.8 Å². The lowest BCUT2D eigenvalue weighted by Gasteiger charge is -2.57. The summed E-state index contributed by atoms with van der Waals surface area (Å²) in [5.74, 6) is -1.34. The first kappa shape index (κ1) is 48.6. The van der Waals surface area contributed by atoms with Crippen molar-refractivity contribution in [2.45, 2.75) is 120 Å². The Balaban J connectivity index is 0.889. The summed E-state index contributed by atoms with van der Waals surface area (Å²) in [5.41, 5.74) is 0.931. The molecule has 17 nitrogen and oxygen atoms in total. The highest BCUT2D eigenvalue weighted by molar-refractivity contribution is 7.90. The molecule has 5 N–H and O–H groups in total. The van der Waals surface area contributed by atoms with Crippen molar-refractivity contribution in [3.63, 3.8) is 0 Å². The van der Waals surface area contributed by atoms with Gasteiger partial charge >= 0.3 is 0 Å². The van der Waals surface area contributed by atoms with E-state index < -0.39 is 48.5 Å². The number of nitrogens with zero attached hydrogens (tertiary/aromatic N) is 4. The first-order chi connectivity index (χ1) is 33.8. The summed E-state index contributed by atoms with van der Waals surface area (Å²) in [4.78, 5) is 37.5. The van der Waals surface area contributed by atoms with Crippen molar-refractivity contribution in [1.29, 1.82) is 0 Å². The molecule has 2 aliphatic carbocycles. The zero-order valence-electron chi connectivity index (χ0n) is 40.5. The number of aromatic amines is 1. The van der Waals surface area contributed by atoms with Crippen molar-refractivity contribution in [1.82, 2.24) is 19.6 Å². The number of amides is 1. The van der Waals surface area contributed by atoms with E-state index in [0.29, 0.717) is 50.7 Å². The van der Waals surface area contributed by atoms with E-state index >= 15 is 0 Å². The normalized spacial score (nSPS) is 24.4. The van der Waals surface area contributed by atoms with Crippen LogP contribution in [-0.2, 0) is 15.6 Å². The van der Waals surface area contributed by atoms with Gasteiger partial charge in [0, 0.05) is 68.4 Å². The number of aromatic nitrogens is 2. The topological polar surface area (TPSA) is 222 Å². The first-order valence-electron chi connectivity index (χ1n) is 24.7. The van der Waals surface area contributed by atoms with Gasteiger partial charge in [0.25, 0.3) is 27.5 Å². The standard InChI is InChI=1S/C52H62FN7O10S/c1-5-68-49-45(26-37-39(53)27-54-47(37)56-49)70-43-23-32(58-21-19-52(20-22-58)29-59(30-52)41-12-8-10-35(41)34-9-6-7-11-38(34)50(2,3)62)13-14-36(43)48(61)57-71(66,67)33-24-42(60(64)65)46-44(25-33)69-28-40(55-46)31-15-17-51(4,63)18-16-31/h6-7,9,11,13-14,23-27,31,35,40-41,55,62-63H,5,8,10,12,15-22,28-30H2,1-4H3,(H,54,56)(H,57,61)/t31?,35-,40-,41-,51?/m1/s1. The highest BCUT2D eigenvalue weighted by Crippen LogP contribution is 2.50. The fraction of sp³-hybridized carbons (Fsp3) is 0.500. The number of piperidine rings is 1. The number of benzene rings is 3. The molecular weight excluding hydrogens is 934 g/mol. The van der Waals surface area contributed by atoms with Gasteiger partial charge in [0.2, 0.25) is 0 Å². The molecule has 71 heavy (non-hydrogen) atoms. The molecule has 3 aromatic carbocycles. The number of H-pyrrole nitrogens is 1. The molecule has 2 saturated carbocycles. The van der Waals surface area contributed by atoms with Crippen LogP contribution >= 0.6 is 0 Å². The number of sulfonamides is 1. The number of rotatable bonds is 13. The zero-order chi connectivity index (χ0) is 50.0. The number of nitrogens with one attached hydrogen (secondary N) is 3. The number of hydrogen-bond donors (Lipinski definition) is 5. The Hall–Kier alpha value is -6.02. The second kappa shape index (κ2) is 18.5. The van der Waals surface area contributed by atoms with Gasteiger partial charge in [0.15, 0.2) is 17.2 Å². The molecule has 378 valence electrons. The number of pyridine rings is 1. The van der Waals surface area contributed by atoms with E-state index in [1.807, 2.05) is 26.0 Å². The summed E-state index contributed by atoms with van der Waals surface area (Å²) in [6.45, 7) is 11.0. The second-order valence-electron chi connectivity index (χ2n) is 21.1. The Kier molecular flexibility index (Phi) is 12.7. The molecule has 19 heteroatoms. The molecule has 10 rings (SSSR count). The molecule has 2 saturated heterocycles. The van der Waals surface area contributed by atoms with E-state index in [-0.39, 0.29) is 76.0 Å². The van der Waals surface area contributed by atoms with Gasteiger partial charge in [-0.3, -0.25) is 19.8 Å². The lowest BCUT2D eigenvalue weighted by molar-refractivity contribution is -0.384. The molecule has 4 fully saturated rings. The van der Waals surface area contributed by atoms with Gasteiger partial charge in [-0.1, -0.05) is 30.7 Å². The maximum atomic E-state index is 14.9. The van der Waals surface area contributed by atoms with E-state index in [4.69, 9.17) is 14.2 Å². The quantitative estimate of drug-likeness (QED) is 0.0552. The van der Waals surface area contributed by atoms with E-state index in [0.717, 1.165) is 74.8 Å². The molecule has 3 aliphatic heterocycles. The Morgan fingerprint density at radius 1 is 1.04 bits per heavy atom. The lowest BCUT2D eigenvalue weighted by atomic mass is 9.70. The third-order valence-electron chi connectivity index (χ3n) is 15.7. The Labute approximate surface area is 412 Å². The first-order valence-corrected chi connectivity index (χ1v) is 26.2. The van der Waals surface area contributed by atoms with Crippen molar-refractivity contribution in [2.24, 2.45) is 11.3 Å². The maximum absolute atomic E-state index is 14.9. The predicted octanol–water partition coefficient (Wildman–Crippen LogP) is 8.50. The molecule has 0 bridgehead atoms. The van der Waals surface area contributed by atoms with Crippen LogP contribution in [0.1, 0.15) is 113 Å². The van der Waals surface area contributed by atoms with Crippen LogP contribution in [0.3, 0.4) is 0 Å². The van der Waals surface area contributed by atoms with E-state index in [1.54, 1.807) is 26.0 Å². The SMILES string of the molecule is CCOc1nc2[nH]cc(F)c2cc1Oc1cc(N2CCC3(CC2)CN([C@@H]2CCC[C@@H]2c2ccccc2C(C)(C)O)C3)ccc1C(=O)NS(=O)(=O)c1cc2c(c([N+](=O)[O-])c1)N[C@@H](C1CCC(C)(O)CC1)CO2. The van der Waals surface area contributed by atoms with Crippen LogP contribution in [0, 0.1) is 27.3 Å². The number of ether oxygens (including phenoxy) is 3. The van der Waals surface area contributed by atoms with Gasteiger partial charge in [-0.25, -0.2) is 17.5 Å². The molecule has 5 heterocycles. The van der Waals surface area contributed by atoms with E-state index in [9.17, 15) is 37.9 Å². The Morgan fingerprint density at radius 2 is 1.79 bits per heavy atom. The van der Waals surface area contributed by atoms with Crippen LogP contribution in [0.2, 0.25) is 0 Å². The number of carbonyl (C=O) groups is 1. The fourth-order valence-corrected chi connectivity index (χ4v) is 12.8. The monoisotopic (exact) mass is 995 g/mol. The van der Waals surface area contributed by atoms with Gasteiger partial charge in [-0.15, -0.1) is 0 Å². The highest BCUT2D eigenvalue weighted by atomic mass is 32.2. The number of nitro benzene ring substituents is 1. The van der Waals surface area contributed by atoms with Crippen LogP contribution in [0.4, 0.5) is 21.5 Å². The van der Waals surface area contributed by atoms with E-state index in [1.165, 1.54) is 17.7 Å². The fourth-order valence-electron chi connectivity index (χ4n) is 11.8. The minimum atomic E-state index is -4.77. The molecular formula is C52H62FN7O10S. The van der Waals surface area contributed by atoms with Crippen LogP contribution < -0.4 is 29.1 Å². The summed E-state index contributed by atoms with van der Waals surface area (Å²) in [5, 5.41) is 37.3. The minimum Gasteiger partial charge on any atom is -0.489 e. The zero-order valence-corrected chi connectivity index (χ0v) is 41.3. The van der Waals surface area contributed by atoms with Crippen molar-refractivity contribution in [3.05, 3.63) is 99.5 Å². The third kappa shape index (κ3) is 9.60. The number of fused-ring (bicyclic) bond motifs is 2. The van der Waals surface area contributed by atoms with Gasteiger partial charge in [-0.2, -0.15) is 4.98 Å². The van der Waals surface area contributed by atoms with Crippen LogP contribution in [0.25, 0.3) is 11.0 Å². The number of likely N-dealkylation sites (tertiary alicyclic amines) is 1. The van der Waals surface area contributed by atoms with Crippen molar-refractivity contribution in [2.75, 3.05) is 49.6 Å². The molecule has 5 aromatic rings. The molecule has 1 amide bonds. The van der Waals surface area contributed by atoms with Crippen molar-refractivity contribution in [3.8, 4) is 23.1 Å². The molecule has 5 aliphatic rings. The van der Waals surface area contributed by atoms with Crippen LogP contribution in [0.15, 0.2) is 71.8 Å². The summed E-state index contributed by atoms with van der Waals surface area (Å²) in [7, 11) is -4.77. The number of hydrogen-bond acceptors (Lipinski definition) is 14.